The van der Waals surface area contributed by atoms with Crippen LogP contribution in [0.1, 0.15) is 0 Å². The lowest BCUT2D eigenvalue weighted by Gasteiger charge is -2.02. The van der Waals surface area contributed by atoms with Crippen LogP contribution in [0.5, 0.6) is 11.5 Å². The SMILES string of the molecule is C#CC(=O)Oc1cccc(OC)c1. The predicted molar refractivity (Wildman–Crippen MR) is 47.5 cm³/mol. The Balaban J connectivity index is 2.79. The Bertz CT molecular complexity index is 349. The molecule has 0 radical (unpaired) electrons. The van der Waals surface area contributed by atoms with Crippen molar-refractivity contribution in [2.75, 3.05) is 7.11 Å². The molecular formula is C10H8O3. The second-order valence-electron chi connectivity index (χ2n) is 2.21. The molecule has 0 aliphatic heterocycles. The molecule has 0 saturated carbocycles. The zero-order valence-electron chi connectivity index (χ0n) is 7.11. The van der Waals surface area contributed by atoms with Crippen molar-refractivity contribution in [2.24, 2.45) is 0 Å². The summed E-state index contributed by atoms with van der Waals surface area (Å²) in [5, 5.41) is 0. The molecule has 0 fully saturated rings. The molecule has 0 unspecified atom stereocenters. The van der Waals surface area contributed by atoms with Crippen molar-refractivity contribution in [3.05, 3.63) is 24.3 Å². The maximum Gasteiger partial charge on any atom is 0.389 e. The van der Waals surface area contributed by atoms with Crippen LogP contribution in [0.4, 0.5) is 0 Å². The summed E-state index contributed by atoms with van der Waals surface area (Å²) >= 11 is 0. The lowest BCUT2D eigenvalue weighted by Crippen LogP contribution is -2.03. The molecule has 0 bridgehead atoms. The first kappa shape index (κ1) is 9.14. The monoisotopic (exact) mass is 176 g/mol. The third kappa shape index (κ3) is 2.53. The van der Waals surface area contributed by atoms with Gasteiger partial charge in [-0.3, -0.25) is 0 Å². The van der Waals surface area contributed by atoms with Crippen molar-refractivity contribution in [3.8, 4) is 23.8 Å². The van der Waals surface area contributed by atoms with E-state index in [9.17, 15) is 4.79 Å². The fourth-order valence-corrected chi connectivity index (χ4v) is 0.801. The van der Waals surface area contributed by atoms with Gasteiger partial charge in [-0.2, -0.15) is 0 Å². The number of carbonyl (C=O) groups is 1. The first-order chi connectivity index (χ1) is 6.26. The Hall–Kier alpha value is -1.95. The van der Waals surface area contributed by atoms with E-state index in [-0.39, 0.29) is 0 Å². The first-order valence-corrected chi connectivity index (χ1v) is 3.58. The van der Waals surface area contributed by atoms with E-state index >= 15 is 0 Å². The lowest BCUT2D eigenvalue weighted by atomic mass is 10.3. The molecule has 1 rings (SSSR count). The molecule has 0 amide bonds. The number of benzene rings is 1. The van der Waals surface area contributed by atoms with Gasteiger partial charge in [0.15, 0.2) is 0 Å². The van der Waals surface area contributed by atoms with Gasteiger partial charge in [0, 0.05) is 12.0 Å². The van der Waals surface area contributed by atoms with Gasteiger partial charge in [-0.1, -0.05) is 6.07 Å². The molecule has 3 nitrogen and oxygen atoms in total. The molecular weight excluding hydrogens is 168 g/mol. The van der Waals surface area contributed by atoms with Gasteiger partial charge in [-0.25, -0.2) is 4.79 Å². The van der Waals surface area contributed by atoms with Crippen LogP contribution in [0, 0.1) is 12.3 Å². The quantitative estimate of drug-likeness (QED) is 0.294. The van der Waals surface area contributed by atoms with Crippen LogP contribution < -0.4 is 9.47 Å². The maximum atomic E-state index is 10.7. The van der Waals surface area contributed by atoms with E-state index in [2.05, 4.69) is 0 Å². The summed E-state index contributed by atoms with van der Waals surface area (Å²) < 4.78 is 9.68. The van der Waals surface area contributed by atoms with Gasteiger partial charge in [-0.05, 0) is 12.1 Å². The second kappa shape index (κ2) is 4.17. The highest BCUT2D eigenvalue weighted by atomic mass is 16.5. The molecule has 1 aromatic rings. The molecule has 0 aliphatic carbocycles. The number of methoxy groups -OCH3 is 1. The van der Waals surface area contributed by atoms with Gasteiger partial charge >= 0.3 is 5.97 Å². The third-order valence-corrected chi connectivity index (χ3v) is 1.37. The topological polar surface area (TPSA) is 35.5 Å². The zero-order chi connectivity index (χ0) is 9.68. The Labute approximate surface area is 76.3 Å². The summed E-state index contributed by atoms with van der Waals surface area (Å²) in [5.74, 6) is 2.12. The zero-order valence-corrected chi connectivity index (χ0v) is 7.11. The number of terminal acetylenes is 1. The van der Waals surface area contributed by atoms with Gasteiger partial charge in [0.25, 0.3) is 0 Å². The molecule has 0 N–H and O–H groups in total. The minimum atomic E-state index is -0.715. The molecule has 0 spiro atoms. The van der Waals surface area contributed by atoms with Crippen LogP contribution in [-0.4, -0.2) is 13.1 Å². The highest BCUT2D eigenvalue weighted by molar-refractivity contribution is 5.89. The Morgan fingerprint density at radius 1 is 1.46 bits per heavy atom. The van der Waals surface area contributed by atoms with Crippen LogP contribution >= 0.6 is 0 Å². The highest BCUT2D eigenvalue weighted by Crippen LogP contribution is 2.18. The predicted octanol–water partition coefficient (Wildman–Crippen LogP) is 1.23. The Morgan fingerprint density at radius 3 is 2.77 bits per heavy atom. The Morgan fingerprint density at radius 2 is 2.15 bits per heavy atom. The molecule has 66 valence electrons. The summed E-state index contributed by atoms with van der Waals surface area (Å²) in [6.45, 7) is 0. The van der Waals surface area contributed by atoms with Crippen molar-refractivity contribution in [2.45, 2.75) is 0 Å². The van der Waals surface area contributed by atoms with Crippen molar-refractivity contribution in [1.82, 2.24) is 0 Å². The lowest BCUT2D eigenvalue weighted by molar-refractivity contribution is -0.128. The van der Waals surface area contributed by atoms with E-state index in [4.69, 9.17) is 15.9 Å². The summed E-state index contributed by atoms with van der Waals surface area (Å²) in [4.78, 5) is 10.7. The fraction of sp³-hybridized carbons (Fsp3) is 0.100. The number of hydrogen-bond donors (Lipinski definition) is 0. The van der Waals surface area contributed by atoms with Crippen molar-refractivity contribution in [3.63, 3.8) is 0 Å². The molecule has 0 heterocycles. The number of rotatable bonds is 2. The molecule has 3 heteroatoms. The number of carbonyl (C=O) groups excluding carboxylic acids is 1. The van der Waals surface area contributed by atoms with Crippen molar-refractivity contribution in [1.29, 1.82) is 0 Å². The summed E-state index contributed by atoms with van der Waals surface area (Å²) in [5.41, 5.74) is 0. The molecule has 1 aromatic carbocycles. The Kier molecular flexibility index (Phi) is 2.93. The smallest absolute Gasteiger partial charge is 0.389 e. The van der Waals surface area contributed by atoms with E-state index in [1.807, 2.05) is 5.92 Å². The highest BCUT2D eigenvalue weighted by Gasteiger charge is 2.00. The van der Waals surface area contributed by atoms with Gasteiger partial charge < -0.3 is 9.47 Å². The fourth-order valence-electron chi connectivity index (χ4n) is 0.801. The molecule has 0 aliphatic rings. The molecule has 0 atom stereocenters. The average Bonchev–Trinajstić information content (AvgIpc) is 2.18. The molecule has 13 heavy (non-hydrogen) atoms. The van der Waals surface area contributed by atoms with Crippen molar-refractivity contribution >= 4 is 5.97 Å². The van der Waals surface area contributed by atoms with E-state index in [1.54, 1.807) is 24.3 Å². The van der Waals surface area contributed by atoms with Gasteiger partial charge in [0.05, 0.1) is 7.11 Å². The molecule has 0 aromatic heterocycles. The van der Waals surface area contributed by atoms with E-state index in [0.717, 1.165) is 0 Å². The van der Waals surface area contributed by atoms with Gasteiger partial charge in [0.2, 0.25) is 0 Å². The minimum Gasteiger partial charge on any atom is -0.497 e. The second-order valence-corrected chi connectivity index (χ2v) is 2.21. The van der Waals surface area contributed by atoms with E-state index in [0.29, 0.717) is 11.5 Å². The summed E-state index contributed by atoms with van der Waals surface area (Å²) in [7, 11) is 1.53. The van der Waals surface area contributed by atoms with E-state index < -0.39 is 5.97 Å². The number of ether oxygens (including phenoxy) is 2. The minimum absolute atomic E-state index is 0.377. The number of esters is 1. The van der Waals surface area contributed by atoms with Crippen LogP contribution in [0.2, 0.25) is 0 Å². The number of hydrogen-bond acceptors (Lipinski definition) is 3. The van der Waals surface area contributed by atoms with Crippen LogP contribution in [0.25, 0.3) is 0 Å². The largest absolute Gasteiger partial charge is 0.497 e. The summed E-state index contributed by atoms with van der Waals surface area (Å²) in [6, 6.07) is 6.65. The first-order valence-electron chi connectivity index (χ1n) is 3.58. The maximum absolute atomic E-state index is 10.7. The average molecular weight is 176 g/mol. The third-order valence-electron chi connectivity index (χ3n) is 1.37. The normalized spacial score (nSPS) is 8.62. The van der Waals surface area contributed by atoms with Crippen LogP contribution in [-0.2, 0) is 4.79 Å². The summed E-state index contributed by atoms with van der Waals surface area (Å²) in [6.07, 6.45) is 4.83. The van der Waals surface area contributed by atoms with Crippen molar-refractivity contribution < 1.29 is 14.3 Å². The van der Waals surface area contributed by atoms with Crippen LogP contribution in [0.15, 0.2) is 24.3 Å². The van der Waals surface area contributed by atoms with Crippen LogP contribution in [0.3, 0.4) is 0 Å². The van der Waals surface area contributed by atoms with Gasteiger partial charge in [-0.15, -0.1) is 6.42 Å². The standard InChI is InChI=1S/C10H8O3/c1-3-10(11)13-9-6-4-5-8(7-9)12-2/h1,4-7H,2H3. The van der Waals surface area contributed by atoms with E-state index in [1.165, 1.54) is 7.11 Å². The molecule has 0 saturated heterocycles. The van der Waals surface area contributed by atoms with Gasteiger partial charge in [0.1, 0.15) is 11.5 Å².